The highest BCUT2D eigenvalue weighted by molar-refractivity contribution is 14.0. The molecule has 0 saturated carbocycles. The van der Waals surface area contributed by atoms with Crippen molar-refractivity contribution in [1.29, 1.82) is 0 Å². The van der Waals surface area contributed by atoms with Gasteiger partial charge in [0.2, 0.25) is 5.88 Å². The molecule has 0 bridgehead atoms. The Bertz CT molecular complexity index is 886. The summed E-state index contributed by atoms with van der Waals surface area (Å²) in [5.41, 5.74) is 2.33. The van der Waals surface area contributed by atoms with Crippen LogP contribution in [-0.4, -0.2) is 24.5 Å². The number of hydrogen-bond donors (Lipinski definition) is 2. The number of pyridine rings is 1. The van der Waals surface area contributed by atoms with E-state index in [1.807, 2.05) is 6.07 Å². The van der Waals surface area contributed by atoms with Gasteiger partial charge in [0.1, 0.15) is 11.6 Å². The Balaban J connectivity index is 0.00000300. The number of aromatic nitrogens is 1. The molecule has 1 unspecified atom stereocenters. The summed E-state index contributed by atoms with van der Waals surface area (Å²) in [7, 11) is 1.75. The molecular formula is C21H24FIN4OS. The van der Waals surface area contributed by atoms with E-state index in [4.69, 9.17) is 4.74 Å². The van der Waals surface area contributed by atoms with E-state index in [0.717, 1.165) is 18.1 Å². The zero-order valence-corrected chi connectivity index (χ0v) is 19.4. The number of benzene rings is 1. The second-order valence-corrected chi connectivity index (χ2v) is 7.11. The largest absolute Gasteiger partial charge is 0.439 e. The first-order chi connectivity index (χ1) is 13.6. The van der Waals surface area contributed by atoms with Crippen molar-refractivity contribution in [3.8, 4) is 11.6 Å². The van der Waals surface area contributed by atoms with Gasteiger partial charge in [-0.25, -0.2) is 9.37 Å². The molecule has 2 N–H and O–H groups in total. The van der Waals surface area contributed by atoms with Gasteiger partial charge in [-0.3, -0.25) is 4.99 Å². The summed E-state index contributed by atoms with van der Waals surface area (Å²) in [4.78, 5) is 8.55. The molecule has 0 spiro atoms. The molecule has 0 radical (unpaired) electrons. The molecule has 0 aliphatic rings. The lowest BCUT2D eigenvalue weighted by atomic mass is 10.1. The van der Waals surface area contributed by atoms with Gasteiger partial charge in [-0.1, -0.05) is 13.0 Å². The molecule has 0 aliphatic heterocycles. The van der Waals surface area contributed by atoms with Crippen LogP contribution in [0.2, 0.25) is 0 Å². The third-order valence-corrected chi connectivity index (χ3v) is 4.91. The van der Waals surface area contributed by atoms with Crippen LogP contribution < -0.4 is 15.4 Å². The van der Waals surface area contributed by atoms with Gasteiger partial charge in [0.05, 0.1) is 0 Å². The fourth-order valence-electron chi connectivity index (χ4n) is 2.53. The summed E-state index contributed by atoms with van der Waals surface area (Å²) >= 11 is 1.71. The average molecular weight is 526 g/mol. The minimum absolute atomic E-state index is 0. The quantitative estimate of drug-likeness (QED) is 0.254. The number of aliphatic imine (C=N–C) groups is 1. The first kappa shape index (κ1) is 23.1. The van der Waals surface area contributed by atoms with E-state index in [9.17, 15) is 4.39 Å². The number of nitrogens with zero attached hydrogens (tertiary/aromatic N) is 2. The van der Waals surface area contributed by atoms with Crippen molar-refractivity contribution in [3.05, 3.63) is 76.4 Å². The lowest BCUT2D eigenvalue weighted by molar-refractivity contribution is 0.461. The molecule has 2 aromatic heterocycles. The van der Waals surface area contributed by atoms with Crippen LogP contribution in [0, 0.1) is 5.82 Å². The Hall–Kier alpha value is -2.20. The van der Waals surface area contributed by atoms with E-state index >= 15 is 0 Å². The molecule has 1 atom stereocenters. The maximum absolute atomic E-state index is 12.9. The lowest BCUT2D eigenvalue weighted by Gasteiger charge is -2.15. The number of rotatable bonds is 7. The van der Waals surface area contributed by atoms with E-state index < -0.39 is 0 Å². The van der Waals surface area contributed by atoms with Crippen molar-refractivity contribution in [3.63, 3.8) is 0 Å². The molecule has 3 aromatic rings. The lowest BCUT2D eigenvalue weighted by Crippen LogP contribution is -2.38. The molecule has 1 aromatic carbocycles. The molecular weight excluding hydrogens is 502 g/mol. The SMILES string of the molecule is CN=C(NCc1ccc(Oc2ccc(F)cc2)nc1)NCC(C)c1ccsc1.I. The molecule has 0 fully saturated rings. The first-order valence-corrected chi connectivity index (χ1v) is 9.93. The molecule has 8 heteroatoms. The van der Waals surface area contributed by atoms with Crippen LogP contribution >= 0.6 is 35.3 Å². The minimum atomic E-state index is -0.298. The molecule has 29 heavy (non-hydrogen) atoms. The number of halogens is 2. The van der Waals surface area contributed by atoms with Gasteiger partial charge in [0.25, 0.3) is 0 Å². The van der Waals surface area contributed by atoms with E-state index in [-0.39, 0.29) is 29.8 Å². The number of thiophene rings is 1. The topological polar surface area (TPSA) is 58.5 Å². The highest BCUT2D eigenvalue weighted by Crippen LogP contribution is 2.19. The number of hydrogen-bond acceptors (Lipinski definition) is 4. The van der Waals surface area contributed by atoms with Gasteiger partial charge in [0.15, 0.2) is 5.96 Å². The van der Waals surface area contributed by atoms with Crippen LogP contribution in [-0.2, 0) is 6.54 Å². The predicted molar refractivity (Wildman–Crippen MR) is 127 cm³/mol. The zero-order chi connectivity index (χ0) is 19.8. The van der Waals surface area contributed by atoms with Crippen LogP contribution in [0.3, 0.4) is 0 Å². The maximum atomic E-state index is 12.9. The van der Waals surface area contributed by atoms with Gasteiger partial charge in [-0.2, -0.15) is 11.3 Å². The molecule has 0 aliphatic carbocycles. The molecule has 154 valence electrons. The van der Waals surface area contributed by atoms with Crippen LogP contribution in [0.1, 0.15) is 24.0 Å². The van der Waals surface area contributed by atoms with Crippen LogP contribution in [0.25, 0.3) is 0 Å². The van der Waals surface area contributed by atoms with E-state index in [1.54, 1.807) is 42.8 Å². The summed E-state index contributed by atoms with van der Waals surface area (Å²) in [6.07, 6.45) is 1.74. The van der Waals surface area contributed by atoms with Crippen molar-refractivity contribution in [1.82, 2.24) is 15.6 Å². The highest BCUT2D eigenvalue weighted by atomic mass is 127. The summed E-state index contributed by atoms with van der Waals surface area (Å²) in [5, 5.41) is 10.9. The van der Waals surface area contributed by atoms with Gasteiger partial charge < -0.3 is 15.4 Å². The van der Waals surface area contributed by atoms with Crippen molar-refractivity contribution in [2.75, 3.05) is 13.6 Å². The van der Waals surface area contributed by atoms with Gasteiger partial charge in [0, 0.05) is 32.4 Å². The normalized spacial score (nSPS) is 12.0. The van der Waals surface area contributed by atoms with Gasteiger partial charge in [-0.05, 0) is 58.1 Å². The fraction of sp³-hybridized carbons (Fsp3) is 0.238. The Kier molecular flexibility index (Phi) is 9.33. The third-order valence-electron chi connectivity index (χ3n) is 4.21. The summed E-state index contributed by atoms with van der Waals surface area (Å²) in [6, 6.07) is 11.7. The molecule has 3 rings (SSSR count). The predicted octanol–water partition coefficient (Wildman–Crippen LogP) is 5.16. The van der Waals surface area contributed by atoms with Crippen LogP contribution in [0.5, 0.6) is 11.6 Å². The van der Waals surface area contributed by atoms with E-state index in [0.29, 0.717) is 24.1 Å². The monoisotopic (exact) mass is 526 g/mol. The average Bonchev–Trinajstić information content (AvgIpc) is 3.26. The molecule has 0 amide bonds. The Labute approximate surface area is 191 Å². The zero-order valence-electron chi connectivity index (χ0n) is 16.3. The molecule has 2 heterocycles. The summed E-state index contributed by atoms with van der Waals surface area (Å²) < 4.78 is 18.5. The molecule has 5 nitrogen and oxygen atoms in total. The van der Waals surface area contributed by atoms with E-state index in [1.165, 1.54) is 17.7 Å². The summed E-state index contributed by atoms with van der Waals surface area (Å²) in [6.45, 7) is 3.58. The second-order valence-electron chi connectivity index (χ2n) is 6.33. The van der Waals surface area contributed by atoms with Crippen molar-refractivity contribution in [2.24, 2.45) is 4.99 Å². The maximum Gasteiger partial charge on any atom is 0.219 e. The summed E-state index contributed by atoms with van der Waals surface area (Å²) in [5.74, 6) is 1.86. The first-order valence-electron chi connectivity index (χ1n) is 8.99. The number of guanidine groups is 1. The van der Waals surface area contributed by atoms with Crippen molar-refractivity contribution < 1.29 is 9.13 Å². The van der Waals surface area contributed by atoms with Crippen LogP contribution in [0.15, 0.2) is 64.4 Å². The minimum Gasteiger partial charge on any atom is -0.439 e. The standard InChI is InChI=1S/C21H23FN4OS.HI/c1-15(17-9-10-28-14-17)11-25-21(23-2)26-13-16-3-8-20(24-12-16)27-19-6-4-18(22)5-7-19;/h3-10,12,14-15H,11,13H2,1-2H3,(H2,23,25,26);1H. The van der Waals surface area contributed by atoms with Crippen molar-refractivity contribution in [2.45, 2.75) is 19.4 Å². The van der Waals surface area contributed by atoms with Crippen LogP contribution in [0.4, 0.5) is 4.39 Å². The van der Waals surface area contributed by atoms with Gasteiger partial charge in [-0.15, -0.1) is 24.0 Å². The Morgan fingerprint density at radius 2 is 1.97 bits per heavy atom. The third kappa shape index (κ3) is 7.28. The number of nitrogens with one attached hydrogen (secondary N) is 2. The number of ether oxygens (including phenoxy) is 1. The Morgan fingerprint density at radius 1 is 1.17 bits per heavy atom. The van der Waals surface area contributed by atoms with E-state index in [2.05, 4.69) is 44.4 Å². The van der Waals surface area contributed by atoms with Crippen molar-refractivity contribution >= 4 is 41.3 Å². The second kappa shape index (κ2) is 11.7. The van der Waals surface area contributed by atoms with Gasteiger partial charge >= 0.3 is 0 Å². The fourth-order valence-corrected chi connectivity index (χ4v) is 3.31. The molecule has 0 saturated heterocycles. The smallest absolute Gasteiger partial charge is 0.219 e. The highest BCUT2D eigenvalue weighted by Gasteiger charge is 2.07. The Morgan fingerprint density at radius 3 is 2.59 bits per heavy atom.